The molecule has 0 bridgehead atoms. The summed E-state index contributed by atoms with van der Waals surface area (Å²) >= 11 is 5.93. The number of rotatable bonds is 3. The van der Waals surface area contributed by atoms with Crippen molar-refractivity contribution in [3.63, 3.8) is 0 Å². The minimum absolute atomic E-state index is 0.136. The fourth-order valence-corrected chi connectivity index (χ4v) is 1.85. The molecule has 5 heteroatoms. The Labute approximate surface area is 118 Å². The molecule has 0 atom stereocenters. The fraction of sp³-hybridized carbons (Fsp3) is 0.429. The van der Waals surface area contributed by atoms with Gasteiger partial charge in [0.25, 0.3) is 0 Å². The van der Waals surface area contributed by atoms with E-state index >= 15 is 0 Å². The van der Waals surface area contributed by atoms with Crippen LogP contribution in [0.5, 0.6) is 0 Å². The first-order valence-corrected chi connectivity index (χ1v) is 6.57. The van der Waals surface area contributed by atoms with Crippen molar-refractivity contribution >= 4 is 17.6 Å². The van der Waals surface area contributed by atoms with E-state index in [0.29, 0.717) is 18.5 Å². The predicted octanol–water partition coefficient (Wildman–Crippen LogP) is 3.94. The lowest BCUT2D eigenvalue weighted by atomic mass is 9.97. The molecule has 1 aromatic heterocycles. The molecule has 0 amide bonds. The first kappa shape index (κ1) is 13.9. The number of hydrogen-bond acceptors (Lipinski definition) is 4. The average molecular weight is 280 g/mol. The lowest BCUT2D eigenvalue weighted by molar-refractivity contribution is 0.399. The lowest BCUT2D eigenvalue weighted by Gasteiger charge is -2.11. The van der Waals surface area contributed by atoms with E-state index in [0.717, 1.165) is 16.1 Å². The maximum Gasteiger partial charge on any atom is 0.315 e. The highest BCUT2D eigenvalue weighted by molar-refractivity contribution is 6.30. The Morgan fingerprint density at radius 2 is 2.00 bits per heavy atom. The van der Waals surface area contributed by atoms with E-state index in [4.69, 9.17) is 16.0 Å². The smallest absolute Gasteiger partial charge is 0.315 e. The van der Waals surface area contributed by atoms with Crippen molar-refractivity contribution in [2.24, 2.45) is 0 Å². The first-order chi connectivity index (χ1) is 8.86. The minimum atomic E-state index is -0.136. The number of benzene rings is 1. The Kier molecular flexibility index (Phi) is 3.80. The van der Waals surface area contributed by atoms with Crippen LogP contribution in [0.4, 0.5) is 6.01 Å². The molecule has 1 N–H and O–H groups in total. The second-order valence-electron chi connectivity index (χ2n) is 5.59. The highest BCUT2D eigenvalue weighted by Crippen LogP contribution is 2.22. The Bertz CT molecular complexity index is 572. The third-order valence-corrected chi connectivity index (χ3v) is 3.04. The molecule has 102 valence electrons. The Morgan fingerprint density at radius 3 is 2.58 bits per heavy atom. The van der Waals surface area contributed by atoms with Crippen LogP contribution in [0.1, 0.15) is 37.8 Å². The van der Waals surface area contributed by atoms with Crippen LogP contribution in [-0.4, -0.2) is 10.2 Å². The molecule has 19 heavy (non-hydrogen) atoms. The number of hydrogen-bond donors (Lipinski definition) is 1. The van der Waals surface area contributed by atoms with Gasteiger partial charge in [0.1, 0.15) is 0 Å². The van der Waals surface area contributed by atoms with Gasteiger partial charge >= 0.3 is 6.01 Å². The maximum absolute atomic E-state index is 5.93. The van der Waals surface area contributed by atoms with Gasteiger partial charge in [0.05, 0.1) is 0 Å². The van der Waals surface area contributed by atoms with Crippen LogP contribution in [0.3, 0.4) is 0 Å². The number of nitrogens with one attached hydrogen (secondary N) is 1. The van der Waals surface area contributed by atoms with Gasteiger partial charge in [-0.25, -0.2) is 0 Å². The van der Waals surface area contributed by atoms with Crippen LogP contribution in [0, 0.1) is 6.92 Å². The van der Waals surface area contributed by atoms with Crippen molar-refractivity contribution in [1.29, 1.82) is 0 Å². The van der Waals surface area contributed by atoms with Crippen molar-refractivity contribution in [3.8, 4) is 0 Å². The van der Waals surface area contributed by atoms with Gasteiger partial charge in [0.2, 0.25) is 5.89 Å². The molecule has 0 aliphatic carbocycles. The quantitative estimate of drug-likeness (QED) is 0.924. The SMILES string of the molecule is Cc1cc(Cl)ccc1CNc1nnc(C(C)(C)C)o1. The van der Waals surface area contributed by atoms with Gasteiger partial charge in [-0.1, -0.05) is 43.5 Å². The maximum atomic E-state index is 5.93. The Hall–Kier alpha value is -1.55. The zero-order chi connectivity index (χ0) is 14.0. The highest BCUT2D eigenvalue weighted by Gasteiger charge is 2.21. The second-order valence-corrected chi connectivity index (χ2v) is 6.02. The van der Waals surface area contributed by atoms with E-state index < -0.39 is 0 Å². The van der Waals surface area contributed by atoms with Crippen molar-refractivity contribution < 1.29 is 4.42 Å². The molecule has 0 fully saturated rings. The highest BCUT2D eigenvalue weighted by atomic mass is 35.5. The van der Waals surface area contributed by atoms with Gasteiger partial charge in [-0.2, -0.15) is 0 Å². The van der Waals surface area contributed by atoms with Crippen molar-refractivity contribution in [2.45, 2.75) is 39.7 Å². The van der Waals surface area contributed by atoms with Crippen LogP contribution >= 0.6 is 11.6 Å². The van der Waals surface area contributed by atoms with E-state index in [1.807, 2.05) is 45.9 Å². The molecule has 2 rings (SSSR count). The van der Waals surface area contributed by atoms with Gasteiger partial charge in [-0.15, -0.1) is 5.10 Å². The van der Waals surface area contributed by atoms with Crippen LogP contribution in [0.15, 0.2) is 22.6 Å². The van der Waals surface area contributed by atoms with Gasteiger partial charge < -0.3 is 9.73 Å². The van der Waals surface area contributed by atoms with Crippen molar-refractivity contribution in [3.05, 3.63) is 40.2 Å². The third kappa shape index (κ3) is 3.47. The monoisotopic (exact) mass is 279 g/mol. The molecular weight excluding hydrogens is 262 g/mol. The van der Waals surface area contributed by atoms with E-state index in [1.54, 1.807) is 0 Å². The summed E-state index contributed by atoms with van der Waals surface area (Å²) < 4.78 is 5.57. The van der Waals surface area contributed by atoms with E-state index in [9.17, 15) is 0 Å². The number of nitrogens with zero attached hydrogens (tertiary/aromatic N) is 2. The molecule has 0 aliphatic heterocycles. The van der Waals surface area contributed by atoms with Gasteiger partial charge in [0, 0.05) is 17.0 Å². The number of aryl methyl sites for hydroxylation is 1. The summed E-state index contributed by atoms with van der Waals surface area (Å²) in [4.78, 5) is 0. The molecule has 0 saturated carbocycles. The molecular formula is C14H18ClN3O. The van der Waals surface area contributed by atoms with E-state index in [2.05, 4.69) is 15.5 Å². The normalized spacial score (nSPS) is 11.6. The van der Waals surface area contributed by atoms with Crippen molar-refractivity contribution in [1.82, 2.24) is 10.2 Å². The third-order valence-electron chi connectivity index (χ3n) is 2.80. The Morgan fingerprint density at radius 1 is 1.26 bits per heavy atom. The standard InChI is InChI=1S/C14H18ClN3O/c1-9-7-11(15)6-5-10(9)8-16-13-18-17-12(19-13)14(2,3)4/h5-7H,8H2,1-4H3,(H,16,18). The minimum Gasteiger partial charge on any atom is -0.408 e. The molecule has 0 aliphatic rings. The average Bonchev–Trinajstić information content (AvgIpc) is 2.76. The largest absolute Gasteiger partial charge is 0.408 e. The fourth-order valence-electron chi connectivity index (χ4n) is 1.63. The number of anilines is 1. The van der Waals surface area contributed by atoms with Crippen molar-refractivity contribution in [2.75, 3.05) is 5.32 Å². The van der Waals surface area contributed by atoms with E-state index in [1.165, 1.54) is 0 Å². The summed E-state index contributed by atoms with van der Waals surface area (Å²) in [6.45, 7) is 8.76. The predicted molar refractivity (Wildman–Crippen MR) is 76.5 cm³/mol. The molecule has 0 spiro atoms. The lowest BCUT2D eigenvalue weighted by Crippen LogP contribution is -2.11. The van der Waals surface area contributed by atoms with E-state index in [-0.39, 0.29) is 5.41 Å². The molecule has 1 aromatic carbocycles. The summed E-state index contributed by atoms with van der Waals surface area (Å²) in [7, 11) is 0. The molecule has 0 radical (unpaired) electrons. The van der Waals surface area contributed by atoms with Gasteiger partial charge in [-0.3, -0.25) is 0 Å². The molecule has 4 nitrogen and oxygen atoms in total. The molecule has 2 aromatic rings. The van der Waals surface area contributed by atoms with Crippen LogP contribution in [-0.2, 0) is 12.0 Å². The van der Waals surface area contributed by atoms with Gasteiger partial charge in [0.15, 0.2) is 0 Å². The summed E-state index contributed by atoms with van der Waals surface area (Å²) in [5.74, 6) is 0.628. The summed E-state index contributed by atoms with van der Waals surface area (Å²) in [6, 6.07) is 6.25. The van der Waals surface area contributed by atoms with Crippen LogP contribution in [0.25, 0.3) is 0 Å². The molecule has 0 saturated heterocycles. The number of aromatic nitrogens is 2. The zero-order valence-corrected chi connectivity index (χ0v) is 12.4. The molecule has 1 heterocycles. The second kappa shape index (κ2) is 5.21. The summed E-state index contributed by atoms with van der Waals surface area (Å²) in [5.41, 5.74) is 2.15. The van der Waals surface area contributed by atoms with Crippen LogP contribution in [0.2, 0.25) is 5.02 Å². The molecule has 0 unspecified atom stereocenters. The van der Waals surface area contributed by atoms with Crippen LogP contribution < -0.4 is 5.32 Å². The summed E-state index contributed by atoms with van der Waals surface area (Å²) in [6.07, 6.45) is 0. The zero-order valence-electron chi connectivity index (χ0n) is 11.6. The Balaban J connectivity index is 2.04. The topological polar surface area (TPSA) is 51.0 Å². The first-order valence-electron chi connectivity index (χ1n) is 6.19. The number of halogens is 1. The van der Waals surface area contributed by atoms with Gasteiger partial charge in [-0.05, 0) is 30.2 Å². The summed E-state index contributed by atoms with van der Waals surface area (Å²) in [5, 5.41) is 11.9.